The van der Waals surface area contributed by atoms with Crippen LogP contribution in [0.5, 0.6) is 0 Å². The van der Waals surface area contributed by atoms with Crippen molar-refractivity contribution < 1.29 is 33.6 Å². The van der Waals surface area contributed by atoms with Crippen LogP contribution in [-0.2, 0) is 5.60 Å². The average molecular weight is 405 g/mol. The number of aryl methyl sites for hydroxylation is 1. The third-order valence-electron chi connectivity index (χ3n) is 4.91. The van der Waals surface area contributed by atoms with Gasteiger partial charge < -0.3 is 33.6 Å². The number of halogens is 1. The Morgan fingerprint density at radius 1 is 1.00 bits per heavy atom. The van der Waals surface area contributed by atoms with Crippen LogP contribution in [0.15, 0.2) is 24.3 Å². The van der Waals surface area contributed by atoms with E-state index in [0.717, 1.165) is 29.7 Å². The molecule has 2 nitrogen and oxygen atoms in total. The average Bonchev–Trinajstić information content (AvgIpc) is 2.38. The van der Waals surface area contributed by atoms with Crippen molar-refractivity contribution in [1.82, 2.24) is 0 Å². The molecule has 122 valence electrons. The molecule has 1 unspecified atom stereocenters. The molecule has 0 aliphatic rings. The first-order valence-corrected chi connectivity index (χ1v) is 7.71. The summed E-state index contributed by atoms with van der Waals surface area (Å²) in [5.74, 6) is 0. The zero-order valence-corrected chi connectivity index (χ0v) is 16.9. The second-order valence-electron chi connectivity index (χ2n) is 7.39. The van der Waals surface area contributed by atoms with Crippen LogP contribution in [0.1, 0.15) is 45.7 Å². The summed E-state index contributed by atoms with van der Waals surface area (Å²) in [6.07, 6.45) is 0. The lowest BCUT2D eigenvalue weighted by Gasteiger charge is -2.46. The van der Waals surface area contributed by atoms with Gasteiger partial charge >= 0.3 is 0 Å². The summed E-state index contributed by atoms with van der Waals surface area (Å²) in [6, 6.07) is 8.34. The molecule has 0 aromatic heterocycles. The smallest absolute Gasteiger partial charge is 0.143 e. The van der Waals surface area contributed by atoms with Crippen molar-refractivity contribution in [2.24, 2.45) is 5.41 Å². The Hall–Kier alpha value is -0.130. The first-order valence-electron chi connectivity index (χ1n) is 7.71. The molecule has 1 aromatic carbocycles. The number of aliphatic hydroxyl groups is 1. The number of likely N-dealkylation sites (N-methyl/N-ethyl adjacent to an activating group) is 1. The van der Waals surface area contributed by atoms with Gasteiger partial charge in [0, 0.05) is 5.41 Å². The Morgan fingerprint density at radius 3 is 1.76 bits per heavy atom. The Morgan fingerprint density at radius 2 is 1.43 bits per heavy atom. The molecule has 21 heavy (non-hydrogen) atoms. The van der Waals surface area contributed by atoms with Gasteiger partial charge in [-0.25, -0.2) is 0 Å². The number of quaternary nitrogens is 1. The van der Waals surface area contributed by atoms with E-state index in [0.29, 0.717) is 0 Å². The molecule has 1 N–H and O–H groups in total. The summed E-state index contributed by atoms with van der Waals surface area (Å²) in [5, 5.41) is 11.5. The van der Waals surface area contributed by atoms with Crippen molar-refractivity contribution in [3.8, 4) is 0 Å². The van der Waals surface area contributed by atoms with Crippen molar-refractivity contribution in [1.29, 1.82) is 0 Å². The van der Waals surface area contributed by atoms with Crippen molar-refractivity contribution >= 4 is 0 Å². The van der Waals surface area contributed by atoms with Gasteiger partial charge in [0.05, 0.1) is 20.1 Å². The summed E-state index contributed by atoms with van der Waals surface area (Å²) >= 11 is 0. The van der Waals surface area contributed by atoms with E-state index in [4.69, 9.17) is 0 Å². The summed E-state index contributed by atoms with van der Waals surface area (Å²) in [4.78, 5) is 0. The molecular weight excluding hydrogens is 373 g/mol. The van der Waals surface area contributed by atoms with Gasteiger partial charge in [0.15, 0.2) is 0 Å². The fourth-order valence-corrected chi connectivity index (χ4v) is 2.59. The minimum atomic E-state index is -0.818. The lowest BCUT2D eigenvalue weighted by atomic mass is 9.71. The van der Waals surface area contributed by atoms with E-state index in [2.05, 4.69) is 72.9 Å². The van der Waals surface area contributed by atoms with Crippen LogP contribution >= 0.6 is 0 Å². The number of hydrogen-bond donors (Lipinski definition) is 1. The van der Waals surface area contributed by atoms with Crippen LogP contribution < -0.4 is 24.0 Å². The highest BCUT2D eigenvalue weighted by molar-refractivity contribution is 5.28. The normalized spacial score (nSPS) is 15.2. The lowest BCUT2D eigenvalue weighted by Crippen LogP contribution is -3.00. The molecule has 0 bridgehead atoms. The number of nitrogens with zero attached hydrogens (tertiary/aromatic N) is 1. The fourth-order valence-electron chi connectivity index (χ4n) is 2.59. The zero-order chi connectivity index (χ0) is 15.6. The molecule has 1 atom stereocenters. The van der Waals surface area contributed by atoms with Crippen molar-refractivity contribution in [3.63, 3.8) is 0 Å². The SMILES string of the molecule is CC[N+](C)(CC)CC(O)(c1ccc(C)cc1)C(C)(C)C.[I-]. The van der Waals surface area contributed by atoms with Crippen LogP contribution in [0.4, 0.5) is 0 Å². The van der Waals surface area contributed by atoms with E-state index >= 15 is 0 Å². The molecule has 3 heteroatoms. The maximum Gasteiger partial charge on any atom is 0.143 e. The molecule has 1 rings (SSSR count). The van der Waals surface area contributed by atoms with E-state index in [9.17, 15) is 5.11 Å². The van der Waals surface area contributed by atoms with Crippen LogP contribution in [-0.4, -0.2) is 36.3 Å². The highest BCUT2D eigenvalue weighted by Crippen LogP contribution is 2.41. The van der Waals surface area contributed by atoms with Crippen LogP contribution in [0, 0.1) is 12.3 Å². The number of hydrogen-bond acceptors (Lipinski definition) is 1. The molecular formula is C18H32INO. The molecule has 0 aliphatic carbocycles. The zero-order valence-electron chi connectivity index (χ0n) is 14.7. The third-order valence-corrected chi connectivity index (χ3v) is 4.91. The van der Waals surface area contributed by atoms with Gasteiger partial charge in [-0.2, -0.15) is 0 Å². The molecule has 0 fully saturated rings. The maximum absolute atomic E-state index is 11.5. The minimum Gasteiger partial charge on any atom is -1.00 e. The van der Waals surface area contributed by atoms with Gasteiger partial charge in [-0.05, 0) is 26.3 Å². The summed E-state index contributed by atoms with van der Waals surface area (Å²) < 4.78 is 0.877. The van der Waals surface area contributed by atoms with Crippen molar-refractivity contribution in [2.45, 2.75) is 47.1 Å². The largest absolute Gasteiger partial charge is 1.00 e. The van der Waals surface area contributed by atoms with Crippen LogP contribution in [0.25, 0.3) is 0 Å². The number of rotatable bonds is 5. The van der Waals surface area contributed by atoms with Gasteiger partial charge in [-0.15, -0.1) is 0 Å². The van der Waals surface area contributed by atoms with Gasteiger partial charge in [-0.1, -0.05) is 50.6 Å². The summed E-state index contributed by atoms with van der Waals surface area (Å²) in [7, 11) is 2.23. The molecule has 1 aromatic rings. The quantitative estimate of drug-likeness (QED) is 0.566. The highest BCUT2D eigenvalue weighted by Gasteiger charge is 2.46. The first-order chi connectivity index (χ1) is 9.08. The Bertz CT molecular complexity index is 432. The minimum absolute atomic E-state index is 0. The maximum atomic E-state index is 11.5. The fraction of sp³-hybridized carbons (Fsp3) is 0.667. The van der Waals surface area contributed by atoms with E-state index in [1.54, 1.807) is 0 Å². The van der Waals surface area contributed by atoms with E-state index in [1.165, 1.54) is 5.56 Å². The third kappa shape index (κ3) is 4.67. The van der Waals surface area contributed by atoms with E-state index < -0.39 is 5.60 Å². The van der Waals surface area contributed by atoms with Gasteiger partial charge in [0.2, 0.25) is 0 Å². The molecule has 0 heterocycles. The lowest BCUT2D eigenvalue weighted by molar-refractivity contribution is -0.914. The molecule has 0 amide bonds. The van der Waals surface area contributed by atoms with Crippen molar-refractivity contribution in [3.05, 3.63) is 35.4 Å². The first kappa shape index (κ1) is 20.9. The van der Waals surface area contributed by atoms with E-state index in [-0.39, 0.29) is 29.4 Å². The van der Waals surface area contributed by atoms with Gasteiger partial charge in [-0.3, -0.25) is 0 Å². The molecule has 0 saturated carbocycles. The Kier molecular flexibility index (Phi) is 7.38. The van der Waals surface area contributed by atoms with Gasteiger partial charge in [0.25, 0.3) is 0 Å². The molecule has 0 aliphatic heterocycles. The predicted octanol–water partition coefficient (Wildman–Crippen LogP) is 0.719. The molecule has 0 saturated heterocycles. The topological polar surface area (TPSA) is 20.2 Å². The second-order valence-corrected chi connectivity index (χ2v) is 7.39. The second kappa shape index (κ2) is 7.42. The van der Waals surface area contributed by atoms with Crippen LogP contribution in [0.3, 0.4) is 0 Å². The Balaban J connectivity index is 0.00000400. The summed E-state index contributed by atoms with van der Waals surface area (Å²) in [6.45, 7) is 15.7. The summed E-state index contributed by atoms with van der Waals surface area (Å²) in [5.41, 5.74) is 1.24. The Labute approximate surface area is 148 Å². The number of benzene rings is 1. The predicted molar refractivity (Wildman–Crippen MR) is 86.7 cm³/mol. The van der Waals surface area contributed by atoms with Gasteiger partial charge in [0.1, 0.15) is 12.1 Å². The van der Waals surface area contributed by atoms with E-state index in [1.807, 2.05) is 0 Å². The van der Waals surface area contributed by atoms with Crippen molar-refractivity contribution in [2.75, 3.05) is 26.7 Å². The highest BCUT2D eigenvalue weighted by atomic mass is 127. The molecule has 0 spiro atoms. The molecule has 0 radical (unpaired) electrons. The monoisotopic (exact) mass is 405 g/mol. The van der Waals surface area contributed by atoms with Crippen LogP contribution in [0.2, 0.25) is 0 Å². The standard InChI is InChI=1S/C18H32NO.HI/c1-8-19(7,9-2)14-18(20,17(4,5)6)16-12-10-15(3)11-13-16;/h10-13,20H,8-9,14H2,1-7H3;1H/q+1;/p-1.